The molecular formula is C18H26OSi. The van der Waals surface area contributed by atoms with Crippen LogP contribution in [0.25, 0.3) is 0 Å². The third-order valence-electron chi connectivity index (χ3n) is 4.24. The lowest BCUT2D eigenvalue weighted by Gasteiger charge is -2.23. The van der Waals surface area contributed by atoms with Crippen molar-refractivity contribution < 1.29 is 4.43 Å². The molecular weight excluding hydrogens is 260 g/mol. The molecule has 2 rings (SSSR count). The number of hydrogen-bond acceptors (Lipinski definition) is 1. The fraction of sp³-hybridized carbons (Fsp3) is 0.444. The zero-order valence-corrected chi connectivity index (χ0v) is 13.9. The monoisotopic (exact) mass is 286 g/mol. The van der Waals surface area contributed by atoms with Gasteiger partial charge in [0, 0.05) is 7.11 Å². The summed E-state index contributed by atoms with van der Waals surface area (Å²) in [5.41, 5.74) is 1.49. The van der Waals surface area contributed by atoms with E-state index < -0.39 is 8.32 Å². The molecule has 0 atom stereocenters. The molecule has 0 unspecified atom stereocenters. The summed E-state index contributed by atoms with van der Waals surface area (Å²) in [5, 5.41) is 1.46. The molecule has 1 aromatic rings. The smallest absolute Gasteiger partial charge is 0.217 e. The first-order valence-corrected chi connectivity index (χ1v) is 10.5. The Labute approximate surface area is 124 Å². The first-order chi connectivity index (χ1) is 9.63. The normalized spacial score (nSPS) is 15.2. The summed E-state index contributed by atoms with van der Waals surface area (Å²) < 4.78 is 5.77. The molecule has 0 N–H and O–H groups in total. The van der Waals surface area contributed by atoms with Gasteiger partial charge in [0.15, 0.2) is 0 Å². The van der Waals surface area contributed by atoms with Crippen molar-refractivity contribution in [3.63, 3.8) is 0 Å². The third kappa shape index (κ3) is 3.94. The first-order valence-electron chi connectivity index (χ1n) is 7.62. The molecule has 0 amide bonds. The summed E-state index contributed by atoms with van der Waals surface area (Å²) in [5.74, 6) is 0.676. The standard InChI is InChI=1S/C18H26OSi/c1-19-20(2,3)18-15-9-8-14-17(18)13-7-6-12-16-10-4-5-11-16/h4-5,8-11,14-16H,6-7,12-13H2,1-3H3. The van der Waals surface area contributed by atoms with Gasteiger partial charge in [0.2, 0.25) is 8.32 Å². The molecule has 2 heteroatoms. The minimum absolute atomic E-state index is 0.676. The molecule has 0 radical (unpaired) electrons. The lowest BCUT2D eigenvalue weighted by molar-refractivity contribution is 0.416. The molecule has 1 aromatic carbocycles. The molecule has 1 aliphatic rings. The maximum atomic E-state index is 5.77. The summed E-state index contributed by atoms with van der Waals surface area (Å²) in [6.07, 6.45) is 13.9. The van der Waals surface area contributed by atoms with Gasteiger partial charge >= 0.3 is 0 Å². The zero-order valence-electron chi connectivity index (χ0n) is 12.9. The van der Waals surface area contributed by atoms with Gasteiger partial charge < -0.3 is 4.43 Å². The van der Waals surface area contributed by atoms with Crippen LogP contribution < -0.4 is 5.19 Å². The van der Waals surface area contributed by atoms with Gasteiger partial charge in [-0.15, -0.1) is 0 Å². The van der Waals surface area contributed by atoms with E-state index in [1.807, 2.05) is 7.11 Å². The highest BCUT2D eigenvalue weighted by molar-refractivity contribution is 6.84. The molecule has 0 spiro atoms. The third-order valence-corrected chi connectivity index (χ3v) is 7.04. The Morgan fingerprint density at radius 1 is 1.05 bits per heavy atom. The van der Waals surface area contributed by atoms with Crippen molar-refractivity contribution in [2.24, 2.45) is 5.92 Å². The summed E-state index contributed by atoms with van der Waals surface area (Å²) in [7, 11) is 0.143. The van der Waals surface area contributed by atoms with E-state index in [4.69, 9.17) is 4.43 Å². The lowest BCUT2D eigenvalue weighted by atomic mass is 10.0. The van der Waals surface area contributed by atoms with Crippen molar-refractivity contribution >= 4 is 13.5 Å². The average Bonchev–Trinajstić information content (AvgIpc) is 2.97. The van der Waals surface area contributed by atoms with E-state index in [-0.39, 0.29) is 0 Å². The minimum Gasteiger partial charge on any atom is -0.416 e. The highest BCUT2D eigenvalue weighted by Crippen LogP contribution is 2.18. The molecule has 20 heavy (non-hydrogen) atoms. The molecule has 0 fully saturated rings. The van der Waals surface area contributed by atoms with Gasteiger partial charge in [-0.25, -0.2) is 0 Å². The van der Waals surface area contributed by atoms with Crippen LogP contribution in [0.1, 0.15) is 24.8 Å². The predicted molar refractivity (Wildman–Crippen MR) is 89.9 cm³/mol. The maximum absolute atomic E-state index is 5.77. The van der Waals surface area contributed by atoms with E-state index >= 15 is 0 Å². The van der Waals surface area contributed by atoms with Gasteiger partial charge in [0.1, 0.15) is 0 Å². The predicted octanol–water partition coefficient (Wildman–Crippen LogP) is 4.20. The first kappa shape index (κ1) is 15.3. The van der Waals surface area contributed by atoms with Crippen molar-refractivity contribution in [2.45, 2.75) is 38.8 Å². The molecule has 108 valence electrons. The Morgan fingerprint density at radius 3 is 2.45 bits per heavy atom. The quantitative estimate of drug-likeness (QED) is 0.539. The van der Waals surface area contributed by atoms with Gasteiger partial charge in [-0.2, -0.15) is 0 Å². The summed E-state index contributed by atoms with van der Waals surface area (Å²) >= 11 is 0. The minimum atomic E-state index is -1.71. The zero-order chi connectivity index (χ0) is 14.4. The molecule has 1 aliphatic carbocycles. The second-order valence-corrected chi connectivity index (χ2v) is 10.0. The van der Waals surface area contributed by atoms with Crippen LogP contribution in [0.4, 0.5) is 0 Å². The summed E-state index contributed by atoms with van der Waals surface area (Å²) in [4.78, 5) is 0. The fourth-order valence-corrected chi connectivity index (χ4v) is 4.50. The molecule has 0 saturated carbocycles. The highest BCUT2D eigenvalue weighted by atomic mass is 28.4. The van der Waals surface area contributed by atoms with Crippen LogP contribution in [0.2, 0.25) is 13.1 Å². The highest BCUT2D eigenvalue weighted by Gasteiger charge is 2.25. The van der Waals surface area contributed by atoms with Gasteiger partial charge in [0.25, 0.3) is 0 Å². The number of unbranched alkanes of at least 4 members (excludes halogenated alkanes) is 1. The Morgan fingerprint density at radius 2 is 1.75 bits per heavy atom. The van der Waals surface area contributed by atoms with E-state index in [0.717, 1.165) is 0 Å². The van der Waals surface area contributed by atoms with Crippen LogP contribution in [-0.2, 0) is 10.8 Å². The fourth-order valence-electron chi connectivity index (χ4n) is 2.80. The summed E-state index contributed by atoms with van der Waals surface area (Å²) in [6.45, 7) is 4.56. The van der Waals surface area contributed by atoms with Crippen molar-refractivity contribution in [1.82, 2.24) is 0 Å². The van der Waals surface area contributed by atoms with E-state index in [9.17, 15) is 0 Å². The Bertz CT molecular complexity index is 476. The van der Waals surface area contributed by atoms with Crippen molar-refractivity contribution in [1.29, 1.82) is 0 Å². The average molecular weight is 286 g/mol. The molecule has 1 nitrogen and oxygen atoms in total. The van der Waals surface area contributed by atoms with Crippen LogP contribution in [0.5, 0.6) is 0 Å². The van der Waals surface area contributed by atoms with Crippen LogP contribution >= 0.6 is 0 Å². The summed E-state index contributed by atoms with van der Waals surface area (Å²) in [6, 6.07) is 8.83. The number of hydrogen-bond donors (Lipinski definition) is 0. The lowest BCUT2D eigenvalue weighted by Crippen LogP contribution is -2.45. The maximum Gasteiger partial charge on any atom is 0.217 e. The second kappa shape index (κ2) is 7.05. The van der Waals surface area contributed by atoms with Gasteiger partial charge in [-0.3, -0.25) is 0 Å². The second-order valence-electron chi connectivity index (χ2n) is 6.05. The van der Waals surface area contributed by atoms with Crippen molar-refractivity contribution in [3.8, 4) is 0 Å². The Kier molecular flexibility index (Phi) is 5.38. The van der Waals surface area contributed by atoms with E-state index in [2.05, 4.69) is 61.7 Å². The van der Waals surface area contributed by atoms with Crippen molar-refractivity contribution in [3.05, 3.63) is 54.1 Å². The van der Waals surface area contributed by atoms with E-state index in [1.54, 1.807) is 0 Å². The van der Waals surface area contributed by atoms with E-state index in [0.29, 0.717) is 5.92 Å². The van der Waals surface area contributed by atoms with Gasteiger partial charge in [0.05, 0.1) is 0 Å². The molecule has 0 bridgehead atoms. The van der Waals surface area contributed by atoms with Crippen LogP contribution in [-0.4, -0.2) is 15.4 Å². The number of aryl methyl sites for hydroxylation is 1. The van der Waals surface area contributed by atoms with Crippen molar-refractivity contribution in [2.75, 3.05) is 7.11 Å². The van der Waals surface area contributed by atoms with Crippen LogP contribution in [0, 0.1) is 5.92 Å². The van der Waals surface area contributed by atoms with Crippen LogP contribution in [0.3, 0.4) is 0 Å². The molecule has 0 saturated heterocycles. The van der Waals surface area contributed by atoms with Gasteiger partial charge in [-0.05, 0) is 49.0 Å². The Hall–Kier alpha value is -1.12. The Balaban J connectivity index is 1.89. The molecule has 0 aromatic heterocycles. The number of allylic oxidation sites excluding steroid dienone is 4. The number of rotatable bonds is 7. The molecule has 0 aliphatic heterocycles. The SMILES string of the molecule is CO[Si](C)(C)c1ccccc1CCCCC1C=CC=C1. The topological polar surface area (TPSA) is 9.23 Å². The number of benzene rings is 1. The van der Waals surface area contributed by atoms with E-state index in [1.165, 1.54) is 36.4 Å². The largest absolute Gasteiger partial charge is 0.416 e. The van der Waals surface area contributed by atoms with Gasteiger partial charge in [-0.1, -0.05) is 55.0 Å². The molecule has 0 heterocycles. The van der Waals surface area contributed by atoms with Crippen LogP contribution in [0.15, 0.2) is 48.6 Å².